The molecule has 1 aromatic heterocycles. The second-order valence-corrected chi connectivity index (χ2v) is 3.40. The van der Waals surface area contributed by atoms with Crippen molar-refractivity contribution >= 4 is 5.91 Å². The molecule has 5 heteroatoms. The molecular formula is C11H10FN3O. The van der Waals surface area contributed by atoms with E-state index in [-0.39, 0.29) is 11.3 Å². The van der Waals surface area contributed by atoms with E-state index in [0.29, 0.717) is 0 Å². The lowest BCUT2D eigenvalue weighted by Gasteiger charge is -2.05. The van der Waals surface area contributed by atoms with Gasteiger partial charge in [0, 0.05) is 6.20 Å². The van der Waals surface area contributed by atoms with E-state index in [1.54, 1.807) is 25.3 Å². The van der Waals surface area contributed by atoms with Crippen LogP contribution in [0.25, 0.3) is 5.69 Å². The van der Waals surface area contributed by atoms with Crippen LogP contribution < -0.4 is 5.73 Å². The highest BCUT2D eigenvalue weighted by Crippen LogP contribution is 2.16. The lowest BCUT2D eigenvalue weighted by atomic mass is 10.2. The average Bonchev–Trinajstić information content (AvgIpc) is 2.64. The van der Waals surface area contributed by atoms with Crippen molar-refractivity contribution in [1.82, 2.24) is 9.78 Å². The third kappa shape index (κ3) is 1.67. The summed E-state index contributed by atoms with van der Waals surface area (Å²) in [5.41, 5.74) is 5.90. The summed E-state index contributed by atoms with van der Waals surface area (Å²) in [6.07, 6.45) is 1.62. The molecule has 4 nitrogen and oxygen atoms in total. The third-order valence-corrected chi connectivity index (χ3v) is 2.21. The molecule has 0 fully saturated rings. The summed E-state index contributed by atoms with van der Waals surface area (Å²) in [4.78, 5) is 11.0. The molecule has 0 bridgehead atoms. The van der Waals surface area contributed by atoms with Gasteiger partial charge in [-0.05, 0) is 25.1 Å². The number of aromatic nitrogens is 2. The first-order valence-corrected chi connectivity index (χ1v) is 4.70. The van der Waals surface area contributed by atoms with Crippen molar-refractivity contribution in [2.45, 2.75) is 6.92 Å². The van der Waals surface area contributed by atoms with Crippen molar-refractivity contribution in [3.05, 3.63) is 47.5 Å². The normalized spacial score (nSPS) is 10.4. The molecule has 0 radical (unpaired) electrons. The molecule has 2 N–H and O–H groups in total. The van der Waals surface area contributed by atoms with E-state index in [1.807, 2.05) is 0 Å². The summed E-state index contributed by atoms with van der Waals surface area (Å²) in [7, 11) is 0. The number of benzene rings is 1. The number of nitrogens with two attached hydrogens (primary N) is 1. The number of primary amides is 1. The van der Waals surface area contributed by atoms with Gasteiger partial charge in [0.2, 0.25) is 0 Å². The third-order valence-electron chi connectivity index (χ3n) is 2.21. The minimum absolute atomic E-state index is 0.134. The van der Waals surface area contributed by atoms with Crippen molar-refractivity contribution in [2.24, 2.45) is 5.73 Å². The van der Waals surface area contributed by atoms with Crippen molar-refractivity contribution in [3.8, 4) is 5.69 Å². The highest BCUT2D eigenvalue weighted by Gasteiger charge is 2.13. The quantitative estimate of drug-likeness (QED) is 0.830. The van der Waals surface area contributed by atoms with Crippen LogP contribution in [0, 0.1) is 12.7 Å². The summed E-state index contributed by atoms with van der Waals surface area (Å²) in [5, 5.41) is 4.07. The van der Waals surface area contributed by atoms with E-state index in [0.717, 1.165) is 5.69 Å². The van der Waals surface area contributed by atoms with E-state index in [2.05, 4.69) is 5.10 Å². The molecule has 82 valence electrons. The molecule has 1 heterocycles. The number of carbonyl (C=O) groups excluding carboxylic acids is 1. The Labute approximate surface area is 91.5 Å². The summed E-state index contributed by atoms with van der Waals surface area (Å²) in [6, 6.07) is 6.19. The van der Waals surface area contributed by atoms with Crippen LogP contribution in [-0.4, -0.2) is 15.7 Å². The lowest BCUT2D eigenvalue weighted by Crippen LogP contribution is -2.14. The Bertz CT molecular complexity index is 548. The Morgan fingerprint density at radius 2 is 2.19 bits per heavy atom. The molecule has 1 aromatic carbocycles. The fourth-order valence-electron chi connectivity index (χ4n) is 1.44. The largest absolute Gasteiger partial charge is 0.366 e. The first kappa shape index (κ1) is 10.4. The zero-order valence-electron chi connectivity index (χ0n) is 8.64. The van der Waals surface area contributed by atoms with Crippen LogP contribution in [0.15, 0.2) is 30.5 Å². The van der Waals surface area contributed by atoms with Gasteiger partial charge in [-0.3, -0.25) is 4.79 Å². The van der Waals surface area contributed by atoms with Gasteiger partial charge in [-0.2, -0.15) is 5.10 Å². The SMILES string of the molecule is Cc1ccn(-c2cccc(C(N)=O)c2F)n1. The summed E-state index contributed by atoms with van der Waals surface area (Å²) < 4.78 is 15.2. The second kappa shape index (κ2) is 3.77. The number of nitrogens with zero attached hydrogens (tertiary/aromatic N) is 2. The minimum Gasteiger partial charge on any atom is -0.366 e. The molecule has 16 heavy (non-hydrogen) atoms. The topological polar surface area (TPSA) is 60.9 Å². The fourth-order valence-corrected chi connectivity index (χ4v) is 1.44. The summed E-state index contributed by atoms with van der Waals surface area (Å²) >= 11 is 0. The van der Waals surface area contributed by atoms with Crippen LogP contribution in [0.4, 0.5) is 4.39 Å². The Morgan fingerprint density at radius 1 is 1.44 bits per heavy atom. The van der Waals surface area contributed by atoms with E-state index in [9.17, 15) is 9.18 Å². The van der Waals surface area contributed by atoms with Crippen LogP contribution in [0.5, 0.6) is 0 Å². The first-order valence-electron chi connectivity index (χ1n) is 4.70. The lowest BCUT2D eigenvalue weighted by molar-refractivity contribution is 0.0996. The van der Waals surface area contributed by atoms with Gasteiger partial charge in [0.15, 0.2) is 5.82 Å². The van der Waals surface area contributed by atoms with Gasteiger partial charge < -0.3 is 5.73 Å². The molecule has 0 aliphatic heterocycles. The Hall–Kier alpha value is -2.17. The van der Waals surface area contributed by atoms with Crippen LogP contribution >= 0.6 is 0 Å². The molecule has 2 rings (SSSR count). The standard InChI is InChI=1S/C11H10FN3O/c1-7-5-6-15(14-7)9-4-2-3-8(10(9)12)11(13)16/h2-6H,1H3,(H2,13,16). The smallest absolute Gasteiger partial charge is 0.251 e. The van der Waals surface area contributed by atoms with Crippen molar-refractivity contribution in [3.63, 3.8) is 0 Å². The van der Waals surface area contributed by atoms with Gasteiger partial charge in [0.25, 0.3) is 5.91 Å². The zero-order valence-corrected chi connectivity index (χ0v) is 8.64. The summed E-state index contributed by atoms with van der Waals surface area (Å²) in [6.45, 7) is 1.80. The van der Waals surface area contributed by atoms with E-state index >= 15 is 0 Å². The minimum atomic E-state index is -0.789. The van der Waals surface area contributed by atoms with Gasteiger partial charge in [-0.1, -0.05) is 6.07 Å². The highest BCUT2D eigenvalue weighted by molar-refractivity contribution is 5.93. The van der Waals surface area contributed by atoms with E-state index in [1.165, 1.54) is 16.8 Å². The molecule has 0 spiro atoms. The maximum Gasteiger partial charge on any atom is 0.251 e. The molecule has 0 saturated heterocycles. The monoisotopic (exact) mass is 219 g/mol. The van der Waals surface area contributed by atoms with Crippen LogP contribution in [-0.2, 0) is 0 Å². The van der Waals surface area contributed by atoms with Gasteiger partial charge in [-0.15, -0.1) is 0 Å². The predicted molar refractivity (Wildman–Crippen MR) is 56.8 cm³/mol. The number of amides is 1. The second-order valence-electron chi connectivity index (χ2n) is 3.40. The molecule has 0 aliphatic rings. The van der Waals surface area contributed by atoms with E-state index < -0.39 is 11.7 Å². The number of carbonyl (C=O) groups is 1. The molecule has 0 aliphatic carbocycles. The maximum atomic E-state index is 13.9. The summed E-state index contributed by atoms with van der Waals surface area (Å²) in [5.74, 6) is -1.44. The van der Waals surface area contributed by atoms with Crippen LogP contribution in [0.1, 0.15) is 16.1 Å². The zero-order chi connectivity index (χ0) is 11.7. The molecular weight excluding hydrogens is 209 g/mol. The predicted octanol–water partition coefficient (Wildman–Crippen LogP) is 1.42. The molecule has 0 atom stereocenters. The number of halogens is 1. The number of hydrogen-bond acceptors (Lipinski definition) is 2. The van der Waals surface area contributed by atoms with Crippen molar-refractivity contribution in [1.29, 1.82) is 0 Å². The Kier molecular flexibility index (Phi) is 2.44. The van der Waals surface area contributed by atoms with Gasteiger partial charge >= 0.3 is 0 Å². The Balaban J connectivity index is 2.58. The van der Waals surface area contributed by atoms with Gasteiger partial charge in [-0.25, -0.2) is 9.07 Å². The van der Waals surface area contributed by atoms with Crippen molar-refractivity contribution in [2.75, 3.05) is 0 Å². The average molecular weight is 219 g/mol. The number of rotatable bonds is 2. The van der Waals surface area contributed by atoms with E-state index in [4.69, 9.17) is 5.73 Å². The van der Waals surface area contributed by atoms with Gasteiger partial charge in [0.1, 0.15) is 5.69 Å². The molecule has 0 unspecified atom stereocenters. The molecule has 2 aromatic rings. The highest BCUT2D eigenvalue weighted by atomic mass is 19.1. The van der Waals surface area contributed by atoms with Crippen LogP contribution in [0.2, 0.25) is 0 Å². The Morgan fingerprint density at radius 3 is 2.75 bits per heavy atom. The molecule has 1 amide bonds. The first-order chi connectivity index (χ1) is 7.59. The van der Waals surface area contributed by atoms with Crippen molar-refractivity contribution < 1.29 is 9.18 Å². The fraction of sp³-hybridized carbons (Fsp3) is 0.0909. The number of hydrogen-bond donors (Lipinski definition) is 1. The maximum absolute atomic E-state index is 13.9. The van der Waals surface area contributed by atoms with Gasteiger partial charge in [0.05, 0.1) is 11.3 Å². The van der Waals surface area contributed by atoms with Crippen LogP contribution in [0.3, 0.4) is 0 Å². The molecule has 0 saturated carbocycles. The number of aryl methyl sites for hydroxylation is 1.